The molecule has 0 N–H and O–H groups in total. The van der Waals surface area contributed by atoms with Crippen molar-refractivity contribution in [3.63, 3.8) is 0 Å². The molecule has 0 amide bonds. The summed E-state index contributed by atoms with van der Waals surface area (Å²) in [6.45, 7) is 12.2. The number of rotatable bonds is 6. The predicted molar refractivity (Wildman–Crippen MR) is 91.0 cm³/mol. The first-order valence-electron chi connectivity index (χ1n) is 8.42. The van der Waals surface area contributed by atoms with Crippen LogP contribution in [0.1, 0.15) is 60.8 Å². The lowest BCUT2D eigenvalue weighted by molar-refractivity contribution is 0.00210. The van der Waals surface area contributed by atoms with E-state index in [1.54, 1.807) is 0 Å². The van der Waals surface area contributed by atoms with Crippen molar-refractivity contribution in [2.45, 2.75) is 97.4 Å². The van der Waals surface area contributed by atoms with Gasteiger partial charge in [0, 0.05) is 19.3 Å². The Balaban J connectivity index is 1.70. The molecule has 6 atom stereocenters. The van der Waals surface area contributed by atoms with Crippen LogP contribution >= 0.6 is 17.2 Å². The molecule has 0 aromatic heterocycles. The largest absolute Gasteiger partial charge is 0.333 e. The summed E-state index contributed by atoms with van der Waals surface area (Å²) in [5.74, 6) is 0. The first-order valence-corrected chi connectivity index (χ1v) is 10.6. The summed E-state index contributed by atoms with van der Waals surface area (Å²) >= 11 is 0. The lowest BCUT2D eigenvalue weighted by Gasteiger charge is -2.33. The quantitative estimate of drug-likeness (QED) is 0.610. The zero-order valence-electron chi connectivity index (χ0n) is 14.9. The Kier molecular flexibility index (Phi) is 8.11. The topological polar surface area (TPSA) is 55.4 Å². The van der Waals surface area contributed by atoms with Crippen LogP contribution in [0, 0.1) is 0 Å². The summed E-state index contributed by atoms with van der Waals surface area (Å²) < 4.78 is 34.7. The predicted octanol–water partition coefficient (Wildman–Crippen LogP) is 5.07. The van der Waals surface area contributed by atoms with Gasteiger partial charge in [-0.15, -0.1) is 0 Å². The molecule has 0 aromatic carbocycles. The van der Waals surface area contributed by atoms with E-state index in [1.807, 2.05) is 13.8 Å². The van der Waals surface area contributed by atoms with Crippen LogP contribution in [0.3, 0.4) is 0 Å². The maximum atomic E-state index is 5.90. The van der Waals surface area contributed by atoms with Crippen molar-refractivity contribution in [1.82, 2.24) is 0 Å². The summed E-state index contributed by atoms with van der Waals surface area (Å²) in [5, 5.41) is 0. The highest BCUT2D eigenvalue weighted by Gasteiger charge is 2.31. The Hall–Kier alpha value is 0.620. The van der Waals surface area contributed by atoms with E-state index < -0.39 is 17.2 Å². The molecule has 2 rings (SSSR count). The van der Waals surface area contributed by atoms with Gasteiger partial charge in [-0.2, -0.15) is 0 Å². The van der Waals surface area contributed by atoms with E-state index in [0.717, 1.165) is 19.3 Å². The summed E-state index contributed by atoms with van der Waals surface area (Å²) in [7, 11) is -2.53. The molecule has 2 aliphatic rings. The van der Waals surface area contributed by atoms with Crippen LogP contribution in [-0.2, 0) is 27.1 Å². The highest BCUT2D eigenvalue weighted by Crippen LogP contribution is 2.50. The molecule has 0 unspecified atom stereocenters. The second-order valence-corrected chi connectivity index (χ2v) is 8.81. The van der Waals surface area contributed by atoms with E-state index in [4.69, 9.17) is 27.1 Å². The van der Waals surface area contributed by atoms with E-state index >= 15 is 0 Å². The maximum Gasteiger partial charge on any atom is 0.333 e. The van der Waals surface area contributed by atoms with Gasteiger partial charge in [0.25, 0.3) is 0 Å². The van der Waals surface area contributed by atoms with Gasteiger partial charge in [0.15, 0.2) is 0 Å². The van der Waals surface area contributed by atoms with E-state index in [2.05, 4.69) is 27.7 Å². The fourth-order valence-electron chi connectivity index (χ4n) is 2.69. The summed E-state index contributed by atoms with van der Waals surface area (Å²) in [6.07, 6.45) is 3.26. The fourth-order valence-corrected chi connectivity index (χ4v) is 5.27. The third-order valence-corrected chi connectivity index (χ3v) is 6.78. The highest BCUT2D eigenvalue weighted by atomic mass is 31.2. The van der Waals surface area contributed by atoms with Crippen LogP contribution in [0.4, 0.5) is 0 Å². The molecule has 136 valence electrons. The molecule has 2 saturated heterocycles. The third-order valence-electron chi connectivity index (χ3n) is 3.59. The van der Waals surface area contributed by atoms with Crippen LogP contribution < -0.4 is 0 Å². The van der Waals surface area contributed by atoms with Gasteiger partial charge in [-0.1, -0.05) is 0 Å². The molecule has 0 saturated carbocycles. The molecule has 6 nitrogen and oxygen atoms in total. The van der Waals surface area contributed by atoms with Crippen molar-refractivity contribution in [3.8, 4) is 0 Å². The maximum absolute atomic E-state index is 5.90. The molecule has 2 fully saturated rings. The molecule has 0 aromatic rings. The number of hydrogen-bond acceptors (Lipinski definition) is 6. The molecule has 23 heavy (non-hydrogen) atoms. The van der Waals surface area contributed by atoms with Gasteiger partial charge in [0.2, 0.25) is 0 Å². The summed E-state index contributed by atoms with van der Waals surface area (Å²) in [4.78, 5) is 0. The third kappa shape index (κ3) is 7.17. The van der Waals surface area contributed by atoms with Gasteiger partial charge in [-0.25, -0.2) is 0 Å². The van der Waals surface area contributed by atoms with Crippen molar-refractivity contribution in [1.29, 1.82) is 0 Å². The smallest absolute Gasteiger partial charge is 0.309 e. The van der Waals surface area contributed by atoms with Crippen molar-refractivity contribution < 1.29 is 27.1 Å². The molecule has 0 bridgehead atoms. The molecule has 0 aliphatic carbocycles. The van der Waals surface area contributed by atoms with Gasteiger partial charge in [-0.05, 0) is 41.5 Å². The van der Waals surface area contributed by atoms with Crippen LogP contribution in [0.15, 0.2) is 0 Å². The lowest BCUT2D eigenvalue weighted by Crippen LogP contribution is -2.26. The van der Waals surface area contributed by atoms with Crippen LogP contribution in [-0.4, -0.2) is 36.6 Å². The molecular weight excluding hydrogens is 338 g/mol. The fraction of sp³-hybridized carbons (Fsp3) is 1.00. The summed E-state index contributed by atoms with van der Waals surface area (Å²) in [5.41, 5.74) is 0. The zero-order valence-corrected chi connectivity index (χ0v) is 16.7. The number of hydrogen-bond donors (Lipinski definition) is 0. The van der Waals surface area contributed by atoms with Crippen LogP contribution in [0.25, 0.3) is 0 Å². The molecule has 8 heteroatoms. The summed E-state index contributed by atoms with van der Waals surface area (Å²) in [6, 6.07) is 0. The molecule has 2 heterocycles. The SMILES string of the molecule is C[C@@H]1C[C@@H](C)OP(O[C@@H](C)C[C@H](C)OP2O[C@H](C)C[C@@H](C)O2)O1. The standard InChI is InChI=1S/C15H30O6P2/c1-10-7-11(2)17-22(16-10)20-14(5)9-15(6)21-23-18-12(3)8-13(4)19-23/h10-15H,7-9H2,1-6H3/t10-,11-,12-,13-,14+,15+/m1/s1. The van der Waals surface area contributed by atoms with Crippen molar-refractivity contribution in [2.24, 2.45) is 0 Å². The van der Waals surface area contributed by atoms with Crippen LogP contribution in [0.5, 0.6) is 0 Å². The van der Waals surface area contributed by atoms with E-state index in [1.165, 1.54) is 0 Å². The Morgan fingerprint density at radius 1 is 0.739 bits per heavy atom. The normalized spacial score (nSPS) is 41.5. The molecule has 2 aliphatic heterocycles. The highest BCUT2D eigenvalue weighted by molar-refractivity contribution is 7.42. The Morgan fingerprint density at radius 3 is 1.35 bits per heavy atom. The zero-order chi connectivity index (χ0) is 17.0. The van der Waals surface area contributed by atoms with Crippen LogP contribution in [0.2, 0.25) is 0 Å². The van der Waals surface area contributed by atoms with Gasteiger partial charge >= 0.3 is 17.2 Å². The molecule has 0 spiro atoms. The Morgan fingerprint density at radius 2 is 1.04 bits per heavy atom. The van der Waals surface area contributed by atoms with Gasteiger partial charge < -0.3 is 27.1 Å². The van der Waals surface area contributed by atoms with Gasteiger partial charge in [0.05, 0.1) is 36.6 Å². The first-order chi connectivity index (χ1) is 10.8. The monoisotopic (exact) mass is 368 g/mol. The lowest BCUT2D eigenvalue weighted by atomic mass is 10.2. The second-order valence-electron chi connectivity index (χ2n) is 6.65. The molecule has 0 radical (unpaired) electrons. The van der Waals surface area contributed by atoms with Crippen molar-refractivity contribution in [3.05, 3.63) is 0 Å². The molecular formula is C15H30O6P2. The Bertz CT molecular complexity index is 309. The Labute approximate surface area is 142 Å². The van der Waals surface area contributed by atoms with E-state index in [-0.39, 0.29) is 36.6 Å². The first kappa shape index (κ1) is 19.9. The van der Waals surface area contributed by atoms with E-state index in [9.17, 15) is 0 Å². The average Bonchev–Trinajstić information content (AvgIpc) is 2.34. The minimum atomic E-state index is -1.27. The average molecular weight is 368 g/mol. The second kappa shape index (κ2) is 9.35. The van der Waals surface area contributed by atoms with Gasteiger partial charge in [-0.3, -0.25) is 0 Å². The van der Waals surface area contributed by atoms with Crippen molar-refractivity contribution >= 4 is 17.2 Å². The van der Waals surface area contributed by atoms with Crippen molar-refractivity contribution in [2.75, 3.05) is 0 Å². The minimum Gasteiger partial charge on any atom is -0.309 e. The van der Waals surface area contributed by atoms with Gasteiger partial charge in [0.1, 0.15) is 0 Å². The van der Waals surface area contributed by atoms with E-state index in [0.29, 0.717) is 0 Å². The minimum absolute atomic E-state index is 0.0109.